The molecule has 0 radical (unpaired) electrons. The molecule has 1 saturated heterocycles. The Hall–Kier alpha value is -2.17. The first-order valence-corrected chi connectivity index (χ1v) is 16.1. The summed E-state index contributed by atoms with van der Waals surface area (Å²) < 4.78 is 47.9. The fourth-order valence-corrected chi connectivity index (χ4v) is 5.63. The van der Waals surface area contributed by atoms with Gasteiger partial charge in [0.15, 0.2) is 5.69 Å². The second-order valence-electron chi connectivity index (χ2n) is 10.8. The van der Waals surface area contributed by atoms with Gasteiger partial charge in [0.1, 0.15) is 12.4 Å². The largest absolute Gasteiger partial charge is 0.435 e. The van der Waals surface area contributed by atoms with E-state index in [-0.39, 0.29) is 36.4 Å². The highest BCUT2D eigenvalue weighted by Gasteiger charge is 2.44. The number of hydrogen-bond donors (Lipinski definition) is 0. The summed E-state index contributed by atoms with van der Waals surface area (Å²) in [7, 11) is -1.34. The molecule has 2 aromatic rings. The van der Waals surface area contributed by atoms with Crippen LogP contribution < -0.4 is 0 Å². The summed E-state index contributed by atoms with van der Waals surface area (Å²) in [6, 6.07) is 11.2. The quantitative estimate of drug-likeness (QED) is 0.377. The number of aromatic nitrogens is 2. The minimum Gasteiger partial charge on any atom is -0.360 e. The van der Waals surface area contributed by atoms with Gasteiger partial charge in [0, 0.05) is 52.5 Å². The molecule has 192 valence electrons. The Balaban J connectivity index is 1.44. The fourth-order valence-electron chi connectivity index (χ4n) is 4.87. The van der Waals surface area contributed by atoms with E-state index in [2.05, 4.69) is 41.8 Å². The molecule has 10 heteroatoms. The summed E-state index contributed by atoms with van der Waals surface area (Å²) in [6.45, 7) is 9.79. The van der Waals surface area contributed by atoms with Crippen molar-refractivity contribution in [3.05, 3.63) is 52.8 Å². The third-order valence-corrected chi connectivity index (χ3v) is 8.55. The minimum absolute atomic E-state index is 0.00839. The number of carbonyl (C=O) groups is 1. The van der Waals surface area contributed by atoms with Crippen molar-refractivity contribution >= 4 is 14.0 Å². The maximum atomic E-state index is 13.7. The Morgan fingerprint density at radius 2 is 1.77 bits per heavy atom. The van der Waals surface area contributed by atoms with Gasteiger partial charge in [-0.15, -0.1) is 0 Å². The smallest absolute Gasteiger partial charge is 0.360 e. The molecule has 1 aromatic heterocycles. The van der Waals surface area contributed by atoms with Gasteiger partial charge in [-0.1, -0.05) is 50.0 Å². The first kappa shape index (κ1) is 25.9. The Morgan fingerprint density at radius 3 is 2.40 bits per heavy atom. The number of fused-ring (bicyclic) bond motifs is 1. The van der Waals surface area contributed by atoms with Gasteiger partial charge in [0.05, 0.1) is 0 Å². The van der Waals surface area contributed by atoms with Gasteiger partial charge < -0.3 is 9.64 Å². The van der Waals surface area contributed by atoms with Crippen LogP contribution in [0.4, 0.5) is 13.2 Å². The third kappa shape index (κ3) is 6.34. The zero-order valence-electron chi connectivity index (χ0n) is 20.8. The van der Waals surface area contributed by atoms with Crippen LogP contribution >= 0.6 is 0 Å². The number of likely N-dealkylation sites (tertiary alicyclic amines) is 1. The van der Waals surface area contributed by atoms with Crippen molar-refractivity contribution in [3.8, 4) is 0 Å². The first-order valence-electron chi connectivity index (χ1n) is 12.3. The lowest BCUT2D eigenvalue weighted by Gasteiger charge is -2.40. The highest BCUT2D eigenvalue weighted by atomic mass is 28.3. The van der Waals surface area contributed by atoms with Crippen LogP contribution in [0.25, 0.3) is 0 Å². The van der Waals surface area contributed by atoms with E-state index in [0.717, 1.165) is 43.2 Å². The topological polar surface area (TPSA) is 50.6 Å². The van der Waals surface area contributed by atoms with Crippen LogP contribution in [0.1, 0.15) is 40.2 Å². The normalized spacial score (nSPS) is 18.2. The Kier molecular flexibility index (Phi) is 7.73. The van der Waals surface area contributed by atoms with Crippen LogP contribution in [-0.2, 0) is 30.6 Å². The highest BCUT2D eigenvalue weighted by Crippen LogP contribution is 2.36. The number of piperidine rings is 1. The lowest BCUT2D eigenvalue weighted by Crippen LogP contribution is -2.50. The Bertz CT molecular complexity index is 1010. The molecule has 2 aliphatic heterocycles. The standard InChI is InChI=1S/C25H35F3N4O2Si/c1-35(2,3)16-15-34-18-32-22-21(23(29-32)25(26,27)28)11-14-31(24(22)33)20-9-12-30(13-10-20)17-19-7-5-4-6-8-19/h4-8,20H,9-18H2,1-3H3. The van der Waals surface area contributed by atoms with E-state index in [1.807, 2.05) is 18.2 Å². The van der Waals surface area contributed by atoms with Crippen LogP contribution in [0, 0.1) is 0 Å². The molecule has 4 rings (SSSR count). The Morgan fingerprint density at radius 1 is 1.09 bits per heavy atom. The van der Waals surface area contributed by atoms with Crippen LogP contribution in [-0.4, -0.2) is 65.8 Å². The van der Waals surface area contributed by atoms with Crippen molar-refractivity contribution in [2.45, 2.75) is 70.4 Å². The molecule has 6 nitrogen and oxygen atoms in total. The SMILES string of the molecule is C[Si](C)(C)CCOCn1nc(C(F)(F)F)c2c1C(=O)N(C1CCN(Cc3ccccc3)CC1)CC2. The van der Waals surface area contributed by atoms with E-state index in [1.54, 1.807) is 4.90 Å². The predicted molar refractivity (Wildman–Crippen MR) is 131 cm³/mol. The number of ether oxygens (including phenoxy) is 1. The Labute approximate surface area is 206 Å². The molecule has 1 aromatic carbocycles. The van der Waals surface area contributed by atoms with Gasteiger partial charge >= 0.3 is 6.18 Å². The number of rotatable bonds is 8. The van der Waals surface area contributed by atoms with Gasteiger partial charge in [0.25, 0.3) is 5.91 Å². The number of alkyl halides is 3. The average molecular weight is 509 g/mol. The molecular formula is C25H35F3N4O2Si. The number of benzene rings is 1. The van der Waals surface area contributed by atoms with Gasteiger partial charge in [-0.3, -0.25) is 9.69 Å². The highest BCUT2D eigenvalue weighted by molar-refractivity contribution is 6.76. The summed E-state index contributed by atoms with van der Waals surface area (Å²) in [6.07, 6.45) is -2.82. The number of halogens is 3. The molecule has 3 heterocycles. The van der Waals surface area contributed by atoms with Crippen molar-refractivity contribution in [2.75, 3.05) is 26.2 Å². The van der Waals surface area contributed by atoms with Crippen molar-refractivity contribution in [1.29, 1.82) is 0 Å². The van der Waals surface area contributed by atoms with Crippen LogP contribution in [0.15, 0.2) is 30.3 Å². The molecule has 2 aliphatic rings. The molecule has 0 spiro atoms. The van der Waals surface area contributed by atoms with E-state index < -0.39 is 19.9 Å². The number of carbonyl (C=O) groups excluding carboxylic acids is 1. The van der Waals surface area contributed by atoms with Gasteiger partial charge in [-0.2, -0.15) is 18.3 Å². The van der Waals surface area contributed by atoms with Gasteiger partial charge in [-0.05, 0) is 30.9 Å². The van der Waals surface area contributed by atoms with Gasteiger partial charge in [0.2, 0.25) is 0 Å². The summed E-state index contributed by atoms with van der Waals surface area (Å²) in [4.78, 5) is 17.6. The summed E-state index contributed by atoms with van der Waals surface area (Å²) in [5.41, 5.74) is 0.353. The van der Waals surface area contributed by atoms with Crippen molar-refractivity contribution in [3.63, 3.8) is 0 Å². The molecular weight excluding hydrogens is 473 g/mol. The number of amides is 1. The van der Waals surface area contributed by atoms with Crippen LogP contribution in [0.2, 0.25) is 25.7 Å². The molecule has 0 bridgehead atoms. The molecule has 1 fully saturated rings. The molecule has 0 N–H and O–H groups in total. The maximum Gasteiger partial charge on any atom is 0.435 e. The van der Waals surface area contributed by atoms with Crippen molar-refractivity contribution in [1.82, 2.24) is 19.6 Å². The van der Waals surface area contributed by atoms with Crippen LogP contribution in [0.3, 0.4) is 0 Å². The molecule has 0 atom stereocenters. The monoisotopic (exact) mass is 508 g/mol. The summed E-state index contributed by atoms with van der Waals surface area (Å²) >= 11 is 0. The third-order valence-electron chi connectivity index (χ3n) is 6.84. The van der Waals surface area contributed by atoms with Gasteiger partial charge in [-0.25, -0.2) is 4.68 Å². The van der Waals surface area contributed by atoms with E-state index in [1.165, 1.54) is 5.56 Å². The summed E-state index contributed by atoms with van der Waals surface area (Å²) in [5.74, 6) is -0.357. The maximum absolute atomic E-state index is 13.7. The zero-order chi connectivity index (χ0) is 25.2. The predicted octanol–water partition coefficient (Wildman–Crippen LogP) is 4.88. The number of nitrogens with zero attached hydrogens (tertiary/aromatic N) is 4. The molecule has 1 amide bonds. The van der Waals surface area contributed by atoms with E-state index in [9.17, 15) is 18.0 Å². The van der Waals surface area contributed by atoms with Crippen molar-refractivity contribution in [2.24, 2.45) is 0 Å². The second-order valence-corrected chi connectivity index (χ2v) is 16.4. The minimum atomic E-state index is -4.60. The number of hydrogen-bond acceptors (Lipinski definition) is 4. The lowest BCUT2D eigenvalue weighted by atomic mass is 9.97. The molecule has 0 saturated carbocycles. The van der Waals surface area contributed by atoms with E-state index in [0.29, 0.717) is 13.2 Å². The van der Waals surface area contributed by atoms with E-state index in [4.69, 9.17) is 4.74 Å². The molecule has 0 aliphatic carbocycles. The zero-order valence-corrected chi connectivity index (χ0v) is 21.8. The fraction of sp³-hybridized carbons (Fsp3) is 0.600. The van der Waals surface area contributed by atoms with Crippen LogP contribution in [0.5, 0.6) is 0 Å². The van der Waals surface area contributed by atoms with Crippen molar-refractivity contribution < 1.29 is 22.7 Å². The molecule has 35 heavy (non-hydrogen) atoms. The first-order chi connectivity index (χ1) is 16.5. The van der Waals surface area contributed by atoms with E-state index >= 15 is 0 Å². The molecule has 0 unspecified atom stereocenters. The summed E-state index contributed by atoms with van der Waals surface area (Å²) in [5, 5.41) is 3.81. The average Bonchev–Trinajstić information content (AvgIpc) is 3.18. The lowest BCUT2D eigenvalue weighted by molar-refractivity contribution is -0.142. The second kappa shape index (κ2) is 10.4.